The Labute approximate surface area is 124 Å². The van der Waals surface area contributed by atoms with E-state index in [0.29, 0.717) is 12.0 Å². The molecule has 1 fully saturated rings. The first-order chi connectivity index (χ1) is 9.24. The highest BCUT2D eigenvalue weighted by molar-refractivity contribution is 8.14. The maximum Gasteiger partial charge on any atom is 0.156 e. The summed E-state index contributed by atoms with van der Waals surface area (Å²) in [4.78, 5) is 4.67. The average Bonchev–Trinajstić information content (AvgIpc) is 2.86. The van der Waals surface area contributed by atoms with Crippen molar-refractivity contribution in [2.45, 2.75) is 78.2 Å². The van der Waals surface area contributed by atoms with Crippen LogP contribution in [0.15, 0.2) is 4.99 Å². The molecule has 0 saturated carbocycles. The van der Waals surface area contributed by atoms with Gasteiger partial charge in [-0.3, -0.25) is 4.99 Å². The van der Waals surface area contributed by atoms with E-state index in [2.05, 4.69) is 31.1 Å². The van der Waals surface area contributed by atoms with E-state index in [0.717, 1.165) is 6.54 Å². The lowest BCUT2D eigenvalue weighted by Crippen LogP contribution is -2.31. The third-order valence-electron chi connectivity index (χ3n) is 3.78. The zero-order valence-electron chi connectivity index (χ0n) is 13.1. The van der Waals surface area contributed by atoms with Gasteiger partial charge in [-0.1, -0.05) is 77.5 Å². The summed E-state index contributed by atoms with van der Waals surface area (Å²) >= 11 is 1.90. The fourth-order valence-electron chi connectivity index (χ4n) is 2.29. The third-order valence-corrected chi connectivity index (χ3v) is 4.83. The van der Waals surface area contributed by atoms with Crippen LogP contribution in [0.25, 0.3) is 0 Å². The molecular formula is C16H32N2S. The molecule has 0 aliphatic carbocycles. The van der Waals surface area contributed by atoms with E-state index in [1.807, 2.05) is 11.8 Å². The quantitative estimate of drug-likeness (QED) is 0.580. The number of aliphatic imine (C=N–C) groups is 1. The van der Waals surface area contributed by atoms with Crippen molar-refractivity contribution in [1.29, 1.82) is 0 Å². The second-order valence-electron chi connectivity index (χ2n) is 5.97. The Balaban J connectivity index is 1.93. The van der Waals surface area contributed by atoms with Crippen molar-refractivity contribution in [2.24, 2.45) is 10.9 Å². The van der Waals surface area contributed by atoms with Gasteiger partial charge >= 0.3 is 0 Å². The molecule has 1 atom stereocenters. The Morgan fingerprint density at radius 3 is 2.32 bits per heavy atom. The monoisotopic (exact) mass is 284 g/mol. The summed E-state index contributed by atoms with van der Waals surface area (Å²) in [5.41, 5.74) is 0. The molecule has 1 saturated heterocycles. The van der Waals surface area contributed by atoms with Crippen molar-refractivity contribution in [3.63, 3.8) is 0 Å². The number of nitrogens with zero attached hydrogens (tertiary/aromatic N) is 1. The van der Waals surface area contributed by atoms with Gasteiger partial charge in [0.25, 0.3) is 0 Å². The first-order valence-electron chi connectivity index (χ1n) is 8.17. The van der Waals surface area contributed by atoms with Gasteiger partial charge in [-0.05, 0) is 12.3 Å². The molecule has 1 rings (SSSR count). The van der Waals surface area contributed by atoms with Gasteiger partial charge in [0.1, 0.15) is 0 Å². The van der Waals surface area contributed by atoms with Crippen LogP contribution in [0.3, 0.4) is 0 Å². The minimum atomic E-state index is 0.627. The van der Waals surface area contributed by atoms with Crippen LogP contribution in [0, 0.1) is 5.92 Å². The average molecular weight is 285 g/mol. The smallest absolute Gasteiger partial charge is 0.156 e. The molecule has 0 aromatic carbocycles. The Kier molecular flexibility index (Phi) is 9.40. The van der Waals surface area contributed by atoms with E-state index in [1.54, 1.807) is 0 Å². The van der Waals surface area contributed by atoms with E-state index in [9.17, 15) is 0 Å². The summed E-state index contributed by atoms with van der Waals surface area (Å²) in [5, 5.41) is 4.71. The number of rotatable bonds is 10. The van der Waals surface area contributed by atoms with Gasteiger partial charge in [0.2, 0.25) is 0 Å². The Morgan fingerprint density at radius 2 is 1.74 bits per heavy atom. The Bertz CT molecular complexity index is 251. The molecule has 0 aromatic heterocycles. The second kappa shape index (κ2) is 10.6. The fourth-order valence-corrected chi connectivity index (χ4v) is 3.51. The molecule has 112 valence electrons. The second-order valence-corrected chi connectivity index (χ2v) is 6.98. The van der Waals surface area contributed by atoms with Crippen molar-refractivity contribution >= 4 is 16.9 Å². The lowest BCUT2D eigenvalue weighted by molar-refractivity contribution is 0.503. The van der Waals surface area contributed by atoms with Crippen LogP contribution in [0.5, 0.6) is 0 Å². The molecule has 0 bridgehead atoms. The van der Waals surface area contributed by atoms with Gasteiger partial charge in [0.05, 0.1) is 0 Å². The van der Waals surface area contributed by atoms with Crippen LogP contribution in [0.1, 0.15) is 72.1 Å². The molecule has 1 heterocycles. The van der Waals surface area contributed by atoms with Gasteiger partial charge in [0.15, 0.2) is 5.17 Å². The molecule has 1 aliphatic heterocycles. The van der Waals surface area contributed by atoms with Crippen LogP contribution in [-0.4, -0.2) is 23.5 Å². The highest BCUT2D eigenvalue weighted by Crippen LogP contribution is 2.19. The summed E-state index contributed by atoms with van der Waals surface area (Å²) in [7, 11) is 0. The molecule has 0 radical (unpaired) electrons. The summed E-state index contributed by atoms with van der Waals surface area (Å²) in [6, 6.07) is 0.627. The predicted molar refractivity (Wildman–Crippen MR) is 89.1 cm³/mol. The van der Waals surface area contributed by atoms with E-state index in [4.69, 9.17) is 0 Å². The number of hydrogen-bond acceptors (Lipinski definition) is 2. The molecule has 19 heavy (non-hydrogen) atoms. The topological polar surface area (TPSA) is 24.4 Å². The number of amidine groups is 1. The lowest BCUT2D eigenvalue weighted by atomic mass is 10.1. The van der Waals surface area contributed by atoms with E-state index in [-0.39, 0.29) is 0 Å². The van der Waals surface area contributed by atoms with Crippen molar-refractivity contribution in [2.75, 3.05) is 12.3 Å². The molecule has 2 nitrogen and oxygen atoms in total. The van der Waals surface area contributed by atoms with Crippen LogP contribution < -0.4 is 5.32 Å². The van der Waals surface area contributed by atoms with Crippen LogP contribution in [0.4, 0.5) is 0 Å². The number of hydrogen-bond donors (Lipinski definition) is 1. The lowest BCUT2D eigenvalue weighted by Gasteiger charge is -2.13. The van der Waals surface area contributed by atoms with E-state index in [1.165, 1.54) is 62.3 Å². The third kappa shape index (κ3) is 7.86. The first kappa shape index (κ1) is 16.9. The molecule has 1 aliphatic rings. The summed E-state index contributed by atoms with van der Waals surface area (Å²) in [6.45, 7) is 7.84. The number of unbranched alkanes of at least 4 members (excludes halogenated alkanes) is 7. The van der Waals surface area contributed by atoms with Gasteiger partial charge in [-0.2, -0.15) is 0 Å². The molecular weight excluding hydrogens is 252 g/mol. The van der Waals surface area contributed by atoms with Crippen LogP contribution in [-0.2, 0) is 0 Å². The van der Waals surface area contributed by atoms with Crippen molar-refractivity contribution in [3.8, 4) is 0 Å². The Hall–Kier alpha value is -0.180. The van der Waals surface area contributed by atoms with E-state index >= 15 is 0 Å². The van der Waals surface area contributed by atoms with Gasteiger partial charge in [-0.15, -0.1) is 0 Å². The van der Waals surface area contributed by atoms with Gasteiger partial charge in [-0.25, -0.2) is 0 Å². The number of thioether (sulfide) groups is 1. The number of nitrogens with one attached hydrogen (secondary N) is 1. The molecule has 0 spiro atoms. The maximum atomic E-state index is 4.67. The van der Waals surface area contributed by atoms with Crippen molar-refractivity contribution in [1.82, 2.24) is 5.32 Å². The SMILES string of the molecule is CCCCCCCCCCN=C1NC(C(C)C)CS1. The predicted octanol–water partition coefficient (Wildman–Crippen LogP) is 4.84. The normalized spacial score (nSPS) is 21.3. The minimum absolute atomic E-state index is 0.627. The highest BCUT2D eigenvalue weighted by Gasteiger charge is 2.22. The minimum Gasteiger partial charge on any atom is -0.361 e. The summed E-state index contributed by atoms with van der Waals surface area (Å²) in [6.07, 6.45) is 11.0. The summed E-state index contributed by atoms with van der Waals surface area (Å²) in [5.74, 6) is 1.90. The first-order valence-corrected chi connectivity index (χ1v) is 9.16. The van der Waals surface area contributed by atoms with Crippen LogP contribution >= 0.6 is 11.8 Å². The highest BCUT2D eigenvalue weighted by atomic mass is 32.2. The zero-order chi connectivity index (χ0) is 13.9. The largest absolute Gasteiger partial charge is 0.361 e. The van der Waals surface area contributed by atoms with Crippen molar-refractivity contribution in [3.05, 3.63) is 0 Å². The Morgan fingerprint density at radius 1 is 1.11 bits per heavy atom. The molecule has 0 aromatic rings. The molecule has 0 amide bonds. The van der Waals surface area contributed by atoms with Crippen LogP contribution in [0.2, 0.25) is 0 Å². The molecule has 3 heteroatoms. The fraction of sp³-hybridized carbons (Fsp3) is 0.938. The zero-order valence-corrected chi connectivity index (χ0v) is 13.9. The van der Waals surface area contributed by atoms with Gasteiger partial charge < -0.3 is 5.32 Å². The maximum absolute atomic E-state index is 4.67. The van der Waals surface area contributed by atoms with Crippen molar-refractivity contribution < 1.29 is 0 Å². The molecule has 1 N–H and O–H groups in total. The standard InChI is InChI=1S/C16H32N2S/c1-4-5-6-7-8-9-10-11-12-17-16-18-15(13-19-16)14(2)3/h14-15H,4-13H2,1-3H3,(H,17,18). The molecule has 1 unspecified atom stereocenters. The summed E-state index contributed by atoms with van der Waals surface area (Å²) < 4.78 is 0. The van der Waals surface area contributed by atoms with Gasteiger partial charge in [0, 0.05) is 18.3 Å². The van der Waals surface area contributed by atoms with E-state index < -0.39 is 0 Å².